The minimum atomic E-state index is -1.05. The summed E-state index contributed by atoms with van der Waals surface area (Å²) < 4.78 is 14.1. The molecule has 0 aliphatic carbocycles. The largest absolute Gasteiger partial charge is 0.355 e. The summed E-state index contributed by atoms with van der Waals surface area (Å²) >= 11 is 0. The van der Waals surface area contributed by atoms with E-state index in [1.807, 2.05) is 18.2 Å². The number of carbonyl (C=O) groups excluding carboxylic acids is 1. The fourth-order valence-corrected chi connectivity index (χ4v) is 3.92. The van der Waals surface area contributed by atoms with Crippen LogP contribution in [-0.2, 0) is 10.8 Å². The van der Waals surface area contributed by atoms with Gasteiger partial charge in [0.1, 0.15) is 0 Å². The Kier molecular flexibility index (Phi) is 5.46. The lowest BCUT2D eigenvalue weighted by Gasteiger charge is -2.06. The Labute approximate surface area is 155 Å². The van der Waals surface area contributed by atoms with Gasteiger partial charge in [0, 0.05) is 29.9 Å². The molecular weight excluding hydrogens is 348 g/mol. The Bertz CT molecular complexity index is 948. The number of nitrogens with zero attached hydrogens (tertiary/aromatic N) is 3. The quantitative estimate of drug-likeness (QED) is 0.724. The Morgan fingerprint density at radius 2 is 1.96 bits per heavy atom. The van der Waals surface area contributed by atoms with Crippen molar-refractivity contribution in [3.05, 3.63) is 48.3 Å². The fraction of sp³-hybridized carbons (Fsp3) is 0.316. The van der Waals surface area contributed by atoms with Gasteiger partial charge >= 0.3 is 0 Å². The summed E-state index contributed by atoms with van der Waals surface area (Å²) in [6, 6.07) is 9.04. The van der Waals surface area contributed by atoms with Crippen molar-refractivity contribution >= 4 is 27.7 Å². The van der Waals surface area contributed by atoms with E-state index < -0.39 is 10.8 Å². The molecule has 7 heteroatoms. The maximum atomic E-state index is 12.4. The zero-order chi connectivity index (χ0) is 18.7. The van der Waals surface area contributed by atoms with E-state index in [1.165, 1.54) is 0 Å². The number of rotatable bonds is 6. The molecule has 0 saturated heterocycles. The molecule has 0 spiro atoms. The second-order valence-electron chi connectivity index (χ2n) is 6.50. The van der Waals surface area contributed by atoms with Crippen molar-refractivity contribution in [1.29, 1.82) is 0 Å². The Morgan fingerprint density at radius 3 is 2.62 bits per heavy atom. The molecule has 136 valence electrons. The van der Waals surface area contributed by atoms with E-state index >= 15 is 0 Å². The highest BCUT2D eigenvalue weighted by atomic mass is 32.2. The summed E-state index contributed by atoms with van der Waals surface area (Å²) in [5, 5.41) is 7.83. The zero-order valence-electron chi connectivity index (χ0n) is 15.1. The highest BCUT2D eigenvalue weighted by Gasteiger charge is 2.12. The van der Waals surface area contributed by atoms with Crippen LogP contribution in [0.2, 0.25) is 0 Å². The average Bonchev–Trinajstić information content (AvgIpc) is 3.08. The number of fused-ring (bicyclic) bond motifs is 1. The molecule has 1 atom stereocenters. The second kappa shape index (κ2) is 7.78. The monoisotopic (exact) mass is 370 g/mol. The summed E-state index contributed by atoms with van der Waals surface area (Å²) in [5.41, 5.74) is 2.10. The van der Waals surface area contributed by atoms with Gasteiger partial charge < -0.3 is 5.32 Å². The number of pyridine rings is 1. The molecule has 0 radical (unpaired) electrons. The zero-order valence-corrected chi connectivity index (χ0v) is 15.9. The second-order valence-corrected chi connectivity index (χ2v) is 8.07. The molecular formula is C19H22N4O2S. The van der Waals surface area contributed by atoms with E-state index in [9.17, 15) is 9.00 Å². The number of carbonyl (C=O) groups is 1. The first-order valence-electron chi connectivity index (χ1n) is 8.54. The third-order valence-electron chi connectivity index (χ3n) is 4.13. The fourth-order valence-electron chi connectivity index (χ4n) is 2.57. The van der Waals surface area contributed by atoms with E-state index in [4.69, 9.17) is 0 Å². The highest BCUT2D eigenvalue weighted by Crippen LogP contribution is 2.20. The van der Waals surface area contributed by atoms with Gasteiger partial charge in [-0.1, -0.05) is 13.8 Å². The lowest BCUT2D eigenvalue weighted by atomic mass is 10.2. The van der Waals surface area contributed by atoms with Crippen LogP contribution >= 0.6 is 0 Å². The Morgan fingerprint density at radius 1 is 1.23 bits per heavy atom. The molecule has 3 aromatic rings. The molecule has 0 fully saturated rings. The van der Waals surface area contributed by atoms with Gasteiger partial charge in [-0.05, 0) is 42.7 Å². The number of nitrogens with one attached hydrogen (secondary N) is 1. The number of amides is 1. The van der Waals surface area contributed by atoms with Crippen LogP contribution in [0.4, 0.5) is 0 Å². The molecule has 3 rings (SSSR count). The van der Waals surface area contributed by atoms with Crippen molar-refractivity contribution < 1.29 is 9.00 Å². The summed E-state index contributed by atoms with van der Waals surface area (Å²) in [7, 11) is 0.552. The summed E-state index contributed by atoms with van der Waals surface area (Å²) in [5.74, 6) is 1.03. The van der Waals surface area contributed by atoms with Gasteiger partial charge in [-0.25, -0.2) is 9.67 Å². The molecule has 0 bridgehead atoms. The summed E-state index contributed by atoms with van der Waals surface area (Å²) in [6.07, 6.45) is 4.30. The summed E-state index contributed by atoms with van der Waals surface area (Å²) in [4.78, 5) is 16.8. The normalized spacial score (nSPS) is 12.5. The van der Waals surface area contributed by atoms with Crippen LogP contribution in [0.5, 0.6) is 0 Å². The maximum Gasteiger partial charge on any atom is 0.251 e. The van der Waals surface area contributed by atoms with Gasteiger partial charge in [-0.2, -0.15) is 5.10 Å². The van der Waals surface area contributed by atoms with Crippen molar-refractivity contribution in [3.63, 3.8) is 0 Å². The Balaban J connectivity index is 1.87. The minimum absolute atomic E-state index is 0.131. The van der Waals surface area contributed by atoms with Crippen LogP contribution < -0.4 is 5.32 Å². The van der Waals surface area contributed by atoms with Crippen LogP contribution in [-0.4, -0.2) is 37.7 Å². The number of benzene rings is 1. The van der Waals surface area contributed by atoms with E-state index in [2.05, 4.69) is 29.2 Å². The average molecular weight is 370 g/mol. The third-order valence-corrected chi connectivity index (χ3v) is 5.48. The van der Waals surface area contributed by atoms with Crippen LogP contribution in [0.15, 0.2) is 47.6 Å². The first-order valence-corrected chi connectivity index (χ1v) is 9.86. The minimum Gasteiger partial charge on any atom is -0.355 e. The van der Waals surface area contributed by atoms with Crippen LogP contribution in [0.3, 0.4) is 0 Å². The topological polar surface area (TPSA) is 76.9 Å². The molecule has 0 saturated carbocycles. The highest BCUT2D eigenvalue weighted by molar-refractivity contribution is 7.85. The van der Waals surface area contributed by atoms with Crippen LogP contribution in [0.25, 0.3) is 16.7 Å². The first kappa shape index (κ1) is 18.3. The summed E-state index contributed by atoms with van der Waals surface area (Å²) in [6.45, 7) is 4.25. The smallest absolute Gasteiger partial charge is 0.251 e. The first-order chi connectivity index (χ1) is 12.5. The van der Waals surface area contributed by atoms with Gasteiger partial charge in [0.25, 0.3) is 5.91 Å². The molecule has 1 aromatic carbocycles. The molecule has 0 aliphatic rings. The van der Waals surface area contributed by atoms with Gasteiger partial charge in [0.2, 0.25) is 0 Å². The Hall–Kier alpha value is -2.54. The molecule has 0 unspecified atom stereocenters. The van der Waals surface area contributed by atoms with Crippen molar-refractivity contribution in [2.24, 2.45) is 5.92 Å². The van der Waals surface area contributed by atoms with Crippen molar-refractivity contribution in [1.82, 2.24) is 20.1 Å². The van der Waals surface area contributed by atoms with Gasteiger partial charge in [0.15, 0.2) is 5.65 Å². The maximum absolute atomic E-state index is 12.4. The molecule has 1 amide bonds. The SMILES string of the molecule is CNC(=O)c1ccc(-n2ncc3cc([S@@](=O)CCC(C)C)cnc32)cc1. The number of hydrogen-bond donors (Lipinski definition) is 1. The molecule has 0 aliphatic heterocycles. The van der Waals surface area contributed by atoms with Crippen molar-refractivity contribution in [3.8, 4) is 5.69 Å². The third kappa shape index (κ3) is 3.83. The van der Waals surface area contributed by atoms with E-state index in [1.54, 1.807) is 36.3 Å². The molecule has 26 heavy (non-hydrogen) atoms. The van der Waals surface area contributed by atoms with E-state index in [0.29, 0.717) is 22.9 Å². The predicted octanol–water partition coefficient (Wildman–Crippen LogP) is 2.93. The van der Waals surface area contributed by atoms with Gasteiger partial charge in [-0.15, -0.1) is 0 Å². The van der Waals surface area contributed by atoms with Gasteiger partial charge in [-0.3, -0.25) is 9.00 Å². The van der Waals surface area contributed by atoms with Gasteiger partial charge in [0.05, 0.1) is 27.6 Å². The van der Waals surface area contributed by atoms with Crippen LogP contribution in [0.1, 0.15) is 30.6 Å². The lowest BCUT2D eigenvalue weighted by molar-refractivity contribution is 0.0963. The standard InChI is InChI=1S/C19H22N4O2S/c1-13(2)8-9-26(25)17-10-15-11-22-23(18(15)21-12-17)16-6-4-14(5-7-16)19(24)20-3/h4-7,10-13H,8-9H2,1-3H3,(H,20,24)/t26-/m0/s1. The van der Waals surface area contributed by atoms with E-state index in [0.717, 1.165) is 22.4 Å². The number of aromatic nitrogens is 3. The number of hydrogen-bond acceptors (Lipinski definition) is 4. The predicted molar refractivity (Wildman–Crippen MR) is 103 cm³/mol. The van der Waals surface area contributed by atoms with Crippen molar-refractivity contribution in [2.75, 3.05) is 12.8 Å². The van der Waals surface area contributed by atoms with Crippen molar-refractivity contribution in [2.45, 2.75) is 25.2 Å². The molecule has 2 aromatic heterocycles. The van der Waals surface area contributed by atoms with Crippen LogP contribution in [0, 0.1) is 5.92 Å². The lowest BCUT2D eigenvalue weighted by Crippen LogP contribution is -2.17. The molecule has 6 nitrogen and oxygen atoms in total. The molecule has 2 heterocycles. The van der Waals surface area contributed by atoms with E-state index in [-0.39, 0.29) is 5.91 Å². The molecule has 1 N–H and O–H groups in total.